The molecule has 4 aromatic rings. The van der Waals surface area contributed by atoms with Crippen LogP contribution < -0.4 is 5.32 Å². The number of halogens is 1. The lowest BCUT2D eigenvalue weighted by Gasteiger charge is -2.27. The first-order chi connectivity index (χ1) is 23.5. The smallest absolute Gasteiger partial charge is 0.248 e. The van der Waals surface area contributed by atoms with Crippen LogP contribution in [0.15, 0.2) is 47.3 Å². The van der Waals surface area contributed by atoms with Crippen molar-refractivity contribution in [2.75, 3.05) is 25.5 Å². The zero-order valence-corrected chi connectivity index (χ0v) is 30.0. The number of benzene rings is 1. The lowest BCUT2D eigenvalue weighted by atomic mass is 9.98. The van der Waals surface area contributed by atoms with Crippen molar-refractivity contribution in [1.82, 2.24) is 34.5 Å². The number of amides is 2. The van der Waals surface area contributed by atoms with Gasteiger partial charge < -0.3 is 15.1 Å². The van der Waals surface area contributed by atoms with E-state index in [0.717, 1.165) is 67.4 Å². The van der Waals surface area contributed by atoms with E-state index in [1.165, 1.54) is 6.92 Å². The zero-order chi connectivity index (χ0) is 34.4. The first-order valence-corrected chi connectivity index (χ1v) is 17.8. The Kier molecular flexibility index (Phi) is 8.95. The molecule has 2 fully saturated rings. The molecule has 12 heteroatoms. The van der Waals surface area contributed by atoms with Crippen molar-refractivity contribution in [3.05, 3.63) is 70.0 Å². The van der Waals surface area contributed by atoms with Gasteiger partial charge in [0.1, 0.15) is 34.5 Å². The summed E-state index contributed by atoms with van der Waals surface area (Å²) in [6, 6.07) is 7.02. The van der Waals surface area contributed by atoms with Crippen LogP contribution in [0.1, 0.15) is 72.9 Å². The minimum absolute atomic E-state index is 0.0490. The third-order valence-corrected chi connectivity index (χ3v) is 10.7. The minimum Gasteiger partial charge on any atom is -0.325 e. The number of nitrogens with zero attached hydrogens (tertiary/aromatic N) is 7. The number of carbonyl (C=O) groups excluding carboxylic acids is 3. The number of anilines is 1. The molecule has 1 aliphatic carbocycles. The van der Waals surface area contributed by atoms with Gasteiger partial charge in [-0.05, 0) is 105 Å². The van der Waals surface area contributed by atoms with E-state index in [-0.39, 0.29) is 35.6 Å². The van der Waals surface area contributed by atoms with Crippen molar-refractivity contribution in [1.29, 1.82) is 0 Å². The van der Waals surface area contributed by atoms with Gasteiger partial charge in [0.2, 0.25) is 11.8 Å². The summed E-state index contributed by atoms with van der Waals surface area (Å²) in [5.41, 5.74) is 4.26. The van der Waals surface area contributed by atoms with Gasteiger partial charge in [0, 0.05) is 53.8 Å². The van der Waals surface area contributed by atoms with Crippen LogP contribution in [0.25, 0.3) is 28.1 Å². The highest BCUT2D eigenvalue weighted by Crippen LogP contribution is 2.60. The van der Waals surface area contributed by atoms with E-state index in [4.69, 9.17) is 5.10 Å². The van der Waals surface area contributed by atoms with Crippen molar-refractivity contribution in [3.8, 4) is 11.1 Å². The Morgan fingerprint density at radius 1 is 1.04 bits per heavy atom. The Bertz CT molecular complexity index is 1990. The zero-order valence-electron chi connectivity index (χ0n) is 28.4. The van der Waals surface area contributed by atoms with E-state index in [9.17, 15) is 14.4 Å². The van der Waals surface area contributed by atoms with E-state index in [0.29, 0.717) is 39.3 Å². The summed E-state index contributed by atoms with van der Waals surface area (Å²) in [5, 5.41) is 8.45. The molecule has 1 aromatic carbocycles. The Balaban J connectivity index is 1.30. The summed E-state index contributed by atoms with van der Waals surface area (Å²) in [7, 11) is 2.14. The maximum atomic E-state index is 14.5. The molecule has 0 unspecified atom stereocenters. The Morgan fingerprint density at radius 2 is 1.84 bits per heavy atom. The SMILES string of the molecule is CC(=O)c1nn2c3c(cc(-c4cnc(C)nc4)cc13)/C=C\CCCCCN(C)C[C@@]13C[C@@H](C(=O)Nc4nc(Br)ccc4C)N(C(=O)C2)[C@@H]1C3. The molecular formula is C37H41BrN8O3. The van der Waals surface area contributed by atoms with Crippen LogP contribution in [0.3, 0.4) is 0 Å². The number of Topliss-reactive ketones (excluding diaryl/α,β-unsaturated/α-hetero) is 1. The van der Waals surface area contributed by atoms with Crippen LogP contribution >= 0.6 is 15.9 Å². The van der Waals surface area contributed by atoms with E-state index in [1.807, 2.05) is 38.1 Å². The number of nitrogens with one attached hydrogen (secondary N) is 1. The lowest BCUT2D eigenvalue weighted by molar-refractivity contribution is -0.138. The maximum absolute atomic E-state index is 14.5. The van der Waals surface area contributed by atoms with Gasteiger partial charge in [0.25, 0.3) is 0 Å². The molecule has 2 bridgehead atoms. The summed E-state index contributed by atoms with van der Waals surface area (Å²) < 4.78 is 2.28. The number of hydrogen-bond acceptors (Lipinski definition) is 8. The van der Waals surface area contributed by atoms with Gasteiger partial charge in [0.15, 0.2) is 5.78 Å². The van der Waals surface area contributed by atoms with Gasteiger partial charge in [-0.15, -0.1) is 0 Å². The van der Waals surface area contributed by atoms with Gasteiger partial charge in [-0.2, -0.15) is 5.10 Å². The van der Waals surface area contributed by atoms with Crippen LogP contribution in [-0.2, 0) is 16.1 Å². The second-order valence-electron chi connectivity index (χ2n) is 13.9. The van der Waals surface area contributed by atoms with Crippen LogP contribution in [-0.4, -0.2) is 84.4 Å². The van der Waals surface area contributed by atoms with Crippen molar-refractivity contribution < 1.29 is 14.4 Å². The average Bonchev–Trinajstić information content (AvgIpc) is 3.45. The molecule has 3 atom stereocenters. The molecular weight excluding hydrogens is 684 g/mol. The lowest BCUT2D eigenvalue weighted by Crippen LogP contribution is -2.47. The standard InChI is InChI=1S/C37H41BrN8O3/c1-22-11-12-31(38)41-35(22)42-36(49)29-16-37-17-30(37)46(29)32(48)20-45-34-25(10-8-6-5-7-9-13-44(4)21-37)14-26(27-18-39-24(3)40-19-27)15-28(34)33(43-45)23(2)47/h8,10-12,14-15,18-19,29-30H,5-7,9,13,16-17,20-21H2,1-4H3,(H,41,42,49)/b10-8-/t29-,30+,37-/m0/s1. The summed E-state index contributed by atoms with van der Waals surface area (Å²) >= 11 is 3.41. The van der Waals surface area contributed by atoms with Crippen LogP contribution in [0, 0.1) is 19.3 Å². The first kappa shape index (κ1) is 33.2. The normalized spacial score (nSPS) is 23.6. The average molecular weight is 726 g/mol. The van der Waals surface area contributed by atoms with E-state index < -0.39 is 6.04 Å². The molecule has 0 spiro atoms. The van der Waals surface area contributed by atoms with Gasteiger partial charge in [-0.1, -0.05) is 24.6 Å². The summed E-state index contributed by atoms with van der Waals surface area (Å²) in [6.07, 6.45) is 13.4. The first-order valence-electron chi connectivity index (χ1n) is 17.0. The predicted molar refractivity (Wildman–Crippen MR) is 192 cm³/mol. The number of aryl methyl sites for hydroxylation is 2. The highest BCUT2D eigenvalue weighted by molar-refractivity contribution is 9.10. The van der Waals surface area contributed by atoms with Gasteiger partial charge in [-0.3, -0.25) is 19.1 Å². The molecule has 11 nitrogen and oxygen atoms in total. The number of carbonyl (C=O) groups is 3. The predicted octanol–water partition coefficient (Wildman–Crippen LogP) is 5.99. The summed E-state index contributed by atoms with van der Waals surface area (Å²) in [5.74, 6) is 0.524. The summed E-state index contributed by atoms with van der Waals surface area (Å²) in [4.78, 5) is 58.9. The fraction of sp³-hybridized carbons (Fsp3) is 0.432. The van der Waals surface area contributed by atoms with Crippen molar-refractivity contribution >= 4 is 56.3 Å². The molecule has 0 radical (unpaired) electrons. The Hall–Kier alpha value is -4.29. The molecule has 2 aliphatic heterocycles. The largest absolute Gasteiger partial charge is 0.325 e. The number of allylic oxidation sites excluding steroid dienone is 1. The molecule has 5 heterocycles. The Labute approximate surface area is 294 Å². The van der Waals surface area contributed by atoms with Crippen LogP contribution in [0.5, 0.6) is 0 Å². The third kappa shape index (κ3) is 6.55. The monoisotopic (exact) mass is 724 g/mol. The van der Waals surface area contributed by atoms with Crippen LogP contribution in [0.4, 0.5) is 5.82 Å². The van der Waals surface area contributed by atoms with E-state index in [1.54, 1.807) is 22.0 Å². The number of hydrogen-bond donors (Lipinski definition) is 1. The van der Waals surface area contributed by atoms with E-state index >= 15 is 0 Å². The molecule has 1 N–H and O–H groups in total. The number of piperidine rings is 1. The number of rotatable bonds is 4. The second-order valence-corrected chi connectivity index (χ2v) is 14.7. The van der Waals surface area contributed by atoms with Gasteiger partial charge >= 0.3 is 0 Å². The molecule has 7 rings (SSSR count). The van der Waals surface area contributed by atoms with Crippen LogP contribution in [0.2, 0.25) is 0 Å². The number of aromatic nitrogens is 5. The highest BCUT2D eigenvalue weighted by atomic mass is 79.9. The maximum Gasteiger partial charge on any atom is 0.248 e. The van der Waals surface area contributed by atoms with Crippen molar-refractivity contribution in [2.24, 2.45) is 5.41 Å². The molecule has 3 aromatic heterocycles. The second kappa shape index (κ2) is 13.2. The van der Waals surface area contributed by atoms with Gasteiger partial charge in [0.05, 0.1) is 5.52 Å². The molecule has 49 heavy (non-hydrogen) atoms. The van der Waals surface area contributed by atoms with E-state index in [2.05, 4.69) is 60.3 Å². The fourth-order valence-corrected chi connectivity index (χ4v) is 8.00. The molecule has 254 valence electrons. The molecule has 2 amide bonds. The molecule has 3 aliphatic rings. The summed E-state index contributed by atoms with van der Waals surface area (Å²) in [6.45, 7) is 6.93. The molecule has 1 saturated heterocycles. The molecule has 1 saturated carbocycles. The topological polar surface area (TPSA) is 126 Å². The third-order valence-electron chi connectivity index (χ3n) is 10.2. The fourth-order valence-electron chi connectivity index (χ4n) is 7.69. The number of ketones is 1. The minimum atomic E-state index is -0.652. The van der Waals surface area contributed by atoms with Crippen molar-refractivity contribution in [2.45, 2.75) is 77.9 Å². The number of pyridine rings is 1. The Morgan fingerprint density at radius 3 is 2.61 bits per heavy atom. The highest BCUT2D eigenvalue weighted by Gasteiger charge is 2.67. The van der Waals surface area contributed by atoms with Gasteiger partial charge in [-0.25, -0.2) is 15.0 Å². The van der Waals surface area contributed by atoms with Crippen molar-refractivity contribution in [3.63, 3.8) is 0 Å². The quantitative estimate of drug-likeness (QED) is 0.201.